The van der Waals surface area contributed by atoms with Crippen LogP contribution in [0.3, 0.4) is 0 Å². The molecule has 0 spiro atoms. The van der Waals surface area contributed by atoms with Gasteiger partial charge in [-0.3, -0.25) is 9.69 Å². The summed E-state index contributed by atoms with van der Waals surface area (Å²) in [5.41, 5.74) is 8.36. The normalized spacial score (nSPS) is 13.5. The second-order valence-corrected chi connectivity index (χ2v) is 9.10. The Morgan fingerprint density at radius 1 is 1.17 bits per heavy atom. The fraction of sp³-hybridized carbons (Fsp3) is 0.308. The van der Waals surface area contributed by atoms with Crippen LogP contribution in [0.15, 0.2) is 53.5 Å². The summed E-state index contributed by atoms with van der Waals surface area (Å²) in [6, 6.07) is 14.5. The molecule has 0 saturated heterocycles. The number of carbonyl (C=O) groups excluding carboxylic acids is 2. The minimum Gasteiger partial charge on any atom is -0.489 e. The third-order valence-corrected chi connectivity index (χ3v) is 6.00. The maximum atomic E-state index is 12.9. The van der Waals surface area contributed by atoms with E-state index in [0.29, 0.717) is 40.9 Å². The Morgan fingerprint density at radius 2 is 1.92 bits per heavy atom. The van der Waals surface area contributed by atoms with Crippen molar-refractivity contribution in [2.24, 2.45) is 10.7 Å². The molecule has 1 aliphatic heterocycles. The molecule has 0 unspecified atom stereocenters. The van der Waals surface area contributed by atoms with Gasteiger partial charge in [-0.15, -0.1) is 0 Å². The van der Waals surface area contributed by atoms with Crippen LogP contribution in [0.4, 0.5) is 4.79 Å². The smallest absolute Gasteiger partial charge is 0.410 e. The molecular formula is C26H28ClN5O4. The summed E-state index contributed by atoms with van der Waals surface area (Å²) in [6.45, 7) is 6.96. The maximum absolute atomic E-state index is 12.9. The molecule has 2 N–H and O–H groups in total. The zero-order chi connectivity index (χ0) is 25.8. The lowest BCUT2D eigenvalue weighted by molar-refractivity contribution is 0.0860. The van der Waals surface area contributed by atoms with Gasteiger partial charge in [0.2, 0.25) is 0 Å². The molecule has 2 amide bonds. The Labute approximate surface area is 214 Å². The minimum atomic E-state index is -0.566. The number of rotatable bonds is 6. The van der Waals surface area contributed by atoms with E-state index >= 15 is 0 Å². The lowest BCUT2D eigenvalue weighted by Gasteiger charge is -2.27. The van der Waals surface area contributed by atoms with Gasteiger partial charge >= 0.3 is 6.09 Å². The van der Waals surface area contributed by atoms with Gasteiger partial charge in [-0.2, -0.15) is 4.99 Å². The van der Waals surface area contributed by atoms with E-state index in [1.165, 1.54) is 0 Å². The molecule has 1 aromatic heterocycles. The molecule has 4 rings (SSSR count). The monoisotopic (exact) mass is 509 g/mol. The van der Waals surface area contributed by atoms with Gasteiger partial charge in [-0.25, -0.2) is 9.78 Å². The summed E-state index contributed by atoms with van der Waals surface area (Å²) in [4.78, 5) is 35.6. The Hall–Kier alpha value is -3.85. The van der Waals surface area contributed by atoms with Gasteiger partial charge in [0.1, 0.15) is 24.0 Å². The predicted molar refractivity (Wildman–Crippen MR) is 136 cm³/mol. The van der Waals surface area contributed by atoms with Crippen molar-refractivity contribution in [1.29, 1.82) is 0 Å². The van der Waals surface area contributed by atoms with Crippen molar-refractivity contribution >= 4 is 29.4 Å². The number of nitrogens with two attached hydrogens (primary N) is 1. The van der Waals surface area contributed by atoms with Gasteiger partial charge in [0.05, 0.1) is 17.7 Å². The van der Waals surface area contributed by atoms with E-state index in [9.17, 15) is 9.59 Å². The first-order valence-corrected chi connectivity index (χ1v) is 12.0. The van der Waals surface area contributed by atoms with Crippen LogP contribution in [0.25, 0.3) is 0 Å². The van der Waals surface area contributed by atoms with Crippen LogP contribution in [0, 0.1) is 6.92 Å². The van der Waals surface area contributed by atoms with Crippen molar-refractivity contribution in [1.82, 2.24) is 14.5 Å². The highest BCUT2D eigenvalue weighted by Gasteiger charge is 2.27. The summed E-state index contributed by atoms with van der Waals surface area (Å²) in [5, 5.41) is 0.375. The van der Waals surface area contributed by atoms with Crippen LogP contribution >= 0.6 is 11.6 Å². The molecule has 0 aliphatic carbocycles. The molecule has 2 heterocycles. The zero-order valence-corrected chi connectivity index (χ0v) is 21.2. The molecule has 0 saturated carbocycles. The molecule has 0 atom stereocenters. The Kier molecular flexibility index (Phi) is 7.59. The lowest BCUT2D eigenvalue weighted by atomic mass is 10.2. The van der Waals surface area contributed by atoms with Crippen molar-refractivity contribution in [3.8, 4) is 5.75 Å². The quantitative estimate of drug-likeness (QED) is 0.391. The second kappa shape index (κ2) is 10.8. The van der Waals surface area contributed by atoms with E-state index < -0.39 is 12.0 Å². The van der Waals surface area contributed by atoms with Crippen molar-refractivity contribution < 1.29 is 19.1 Å². The topological polar surface area (TPSA) is 112 Å². The standard InChI is InChI=1S/C26H28ClN5O4/c1-16(2)36-21-10-9-19(13-20(21)27)24(28)30-25(33)23-17(3)32-12-11-31(14-22(32)29-23)26(34)35-15-18-7-5-4-6-8-18/h4-10,13,16H,11-12,14-15H2,1-3H3,(H2,28,30,33). The molecular weight excluding hydrogens is 482 g/mol. The van der Waals surface area contributed by atoms with Crippen LogP contribution in [-0.2, 0) is 24.4 Å². The number of aromatic nitrogens is 2. The minimum absolute atomic E-state index is 0.0227. The number of amides is 2. The van der Waals surface area contributed by atoms with E-state index in [1.807, 2.05) is 48.7 Å². The fourth-order valence-electron chi connectivity index (χ4n) is 3.89. The first kappa shape index (κ1) is 25.2. The van der Waals surface area contributed by atoms with Crippen molar-refractivity contribution in [2.45, 2.75) is 46.6 Å². The number of carbonyl (C=O) groups is 2. The number of amidine groups is 1. The number of hydrogen-bond donors (Lipinski definition) is 1. The SMILES string of the molecule is Cc1c(C(=O)N=C(N)c2ccc(OC(C)C)c(Cl)c2)nc2n1CCN(C(=O)OCc1ccccc1)C2. The van der Waals surface area contributed by atoms with Gasteiger partial charge in [0.25, 0.3) is 5.91 Å². The number of halogens is 1. The van der Waals surface area contributed by atoms with Crippen molar-refractivity contribution in [3.63, 3.8) is 0 Å². The first-order valence-electron chi connectivity index (χ1n) is 11.6. The number of hydrogen-bond acceptors (Lipinski definition) is 5. The van der Waals surface area contributed by atoms with Crippen LogP contribution in [0.2, 0.25) is 5.02 Å². The fourth-order valence-corrected chi connectivity index (χ4v) is 4.11. The summed E-state index contributed by atoms with van der Waals surface area (Å²) < 4.78 is 13.0. The van der Waals surface area contributed by atoms with E-state index in [-0.39, 0.29) is 30.8 Å². The summed E-state index contributed by atoms with van der Waals surface area (Å²) in [6.07, 6.45) is -0.458. The highest BCUT2D eigenvalue weighted by Crippen LogP contribution is 2.26. The number of fused-ring (bicyclic) bond motifs is 1. The third kappa shape index (κ3) is 5.68. The number of imidazole rings is 1. The average Bonchev–Trinajstić information content (AvgIpc) is 3.20. The molecule has 1 aliphatic rings. The van der Waals surface area contributed by atoms with Gasteiger partial charge in [0.15, 0.2) is 5.69 Å². The molecule has 2 aromatic carbocycles. The summed E-state index contributed by atoms with van der Waals surface area (Å²) in [5.74, 6) is 0.572. The van der Waals surface area contributed by atoms with Gasteiger partial charge in [-0.05, 0) is 44.5 Å². The maximum Gasteiger partial charge on any atom is 0.410 e. The van der Waals surface area contributed by atoms with E-state index in [2.05, 4.69) is 9.98 Å². The van der Waals surface area contributed by atoms with E-state index in [0.717, 1.165) is 5.56 Å². The second-order valence-electron chi connectivity index (χ2n) is 8.69. The van der Waals surface area contributed by atoms with Gasteiger partial charge in [-0.1, -0.05) is 41.9 Å². The molecule has 0 fully saturated rings. The predicted octanol–water partition coefficient (Wildman–Crippen LogP) is 4.33. The van der Waals surface area contributed by atoms with Crippen LogP contribution in [0.1, 0.15) is 47.0 Å². The van der Waals surface area contributed by atoms with E-state index in [4.69, 9.17) is 26.8 Å². The number of aliphatic imine (C=N–C) groups is 1. The largest absolute Gasteiger partial charge is 0.489 e. The molecule has 0 bridgehead atoms. The molecule has 188 valence electrons. The van der Waals surface area contributed by atoms with Crippen molar-refractivity contribution in [3.05, 3.63) is 81.9 Å². The van der Waals surface area contributed by atoms with Crippen LogP contribution < -0.4 is 10.5 Å². The Balaban J connectivity index is 1.45. The molecule has 0 radical (unpaired) electrons. The molecule has 3 aromatic rings. The Morgan fingerprint density at radius 3 is 2.61 bits per heavy atom. The van der Waals surface area contributed by atoms with Crippen LogP contribution in [-0.4, -0.2) is 44.9 Å². The van der Waals surface area contributed by atoms with Crippen LogP contribution in [0.5, 0.6) is 5.75 Å². The molecule has 9 nitrogen and oxygen atoms in total. The van der Waals surface area contributed by atoms with E-state index in [1.54, 1.807) is 30.0 Å². The summed E-state index contributed by atoms with van der Waals surface area (Å²) in [7, 11) is 0. The number of nitrogens with zero attached hydrogens (tertiary/aromatic N) is 4. The number of benzene rings is 2. The molecule has 10 heteroatoms. The lowest BCUT2D eigenvalue weighted by Crippen LogP contribution is -2.38. The van der Waals surface area contributed by atoms with Gasteiger partial charge in [0, 0.05) is 24.3 Å². The zero-order valence-electron chi connectivity index (χ0n) is 20.4. The average molecular weight is 510 g/mol. The highest BCUT2D eigenvalue weighted by molar-refractivity contribution is 6.32. The first-order chi connectivity index (χ1) is 17.2. The third-order valence-electron chi connectivity index (χ3n) is 5.70. The van der Waals surface area contributed by atoms with Crippen molar-refractivity contribution in [2.75, 3.05) is 6.54 Å². The summed E-state index contributed by atoms with van der Waals surface area (Å²) >= 11 is 6.28. The molecule has 36 heavy (non-hydrogen) atoms. The highest BCUT2D eigenvalue weighted by atomic mass is 35.5. The van der Waals surface area contributed by atoms with Gasteiger partial charge < -0.3 is 19.8 Å². The Bertz CT molecular complexity index is 1300. The number of ether oxygens (including phenoxy) is 2.